The van der Waals surface area contributed by atoms with Gasteiger partial charge in [0.2, 0.25) is 5.91 Å². The maximum Gasteiger partial charge on any atom is 0.234 e. The highest BCUT2D eigenvalue weighted by Gasteiger charge is 2.16. The molecular formula is C19H28N2OS. The number of nitrogens with zero attached hydrogens (tertiary/aromatic N) is 1. The van der Waals surface area contributed by atoms with Gasteiger partial charge in [-0.2, -0.15) is 0 Å². The van der Waals surface area contributed by atoms with Crippen LogP contribution in [0, 0.1) is 0 Å². The van der Waals surface area contributed by atoms with Crippen LogP contribution < -0.4 is 10.2 Å². The summed E-state index contributed by atoms with van der Waals surface area (Å²) in [5, 5.41) is 3.73. The number of rotatable bonds is 5. The predicted octanol–water partition coefficient (Wildman–Crippen LogP) is 4.68. The van der Waals surface area contributed by atoms with Crippen LogP contribution in [-0.2, 0) is 4.79 Å². The molecule has 3 nitrogen and oxygen atoms in total. The molecule has 1 amide bonds. The number of anilines is 2. The monoisotopic (exact) mass is 332 g/mol. The second-order valence-electron chi connectivity index (χ2n) is 6.71. The summed E-state index contributed by atoms with van der Waals surface area (Å²) in [7, 11) is 0. The molecule has 1 saturated heterocycles. The molecule has 2 aliphatic rings. The van der Waals surface area contributed by atoms with Gasteiger partial charge in [0.1, 0.15) is 0 Å². The van der Waals surface area contributed by atoms with E-state index in [-0.39, 0.29) is 5.91 Å². The fourth-order valence-electron chi connectivity index (χ4n) is 3.53. The average Bonchev–Trinajstić information content (AvgIpc) is 2.94. The molecule has 23 heavy (non-hydrogen) atoms. The molecule has 1 aromatic rings. The van der Waals surface area contributed by atoms with E-state index in [0.29, 0.717) is 11.0 Å². The molecular weight excluding hydrogens is 304 g/mol. The van der Waals surface area contributed by atoms with Gasteiger partial charge >= 0.3 is 0 Å². The molecule has 2 fully saturated rings. The summed E-state index contributed by atoms with van der Waals surface area (Å²) in [6, 6.07) is 8.37. The average molecular weight is 333 g/mol. The quantitative estimate of drug-likeness (QED) is 0.849. The topological polar surface area (TPSA) is 32.3 Å². The Morgan fingerprint density at radius 2 is 1.65 bits per heavy atom. The Morgan fingerprint density at radius 1 is 1.00 bits per heavy atom. The van der Waals surface area contributed by atoms with Crippen molar-refractivity contribution in [2.75, 3.05) is 29.1 Å². The van der Waals surface area contributed by atoms with E-state index in [9.17, 15) is 4.79 Å². The summed E-state index contributed by atoms with van der Waals surface area (Å²) in [6.45, 7) is 2.31. The van der Waals surface area contributed by atoms with Crippen molar-refractivity contribution in [2.45, 2.75) is 56.6 Å². The van der Waals surface area contributed by atoms with E-state index in [4.69, 9.17) is 0 Å². The van der Waals surface area contributed by atoms with Gasteiger partial charge in [0.25, 0.3) is 0 Å². The molecule has 0 aromatic heterocycles. The molecule has 0 spiro atoms. The first-order valence-corrected chi connectivity index (χ1v) is 10.1. The summed E-state index contributed by atoms with van der Waals surface area (Å²) in [6.07, 6.45) is 10.5. The van der Waals surface area contributed by atoms with Crippen LogP contribution in [0.4, 0.5) is 11.4 Å². The van der Waals surface area contributed by atoms with E-state index >= 15 is 0 Å². The lowest BCUT2D eigenvalue weighted by Gasteiger charge is -2.22. The van der Waals surface area contributed by atoms with Gasteiger partial charge in [0.05, 0.1) is 5.75 Å². The Bertz CT molecular complexity index is 489. The van der Waals surface area contributed by atoms with Crippen LogP contribution in [0.5, 0.6) is 0 Å². The largest absolute Gasteiger partial charge is 0.372 e. The lowest BCUT2D eigenvalue weighted by molar-refractivity contribution is -0.113. The first-order chi connectivity index (χ1) is 11.3. The Morgan fingerprint density at radius 3 is 2.30 bits per heavy atom. The Hall–Kier alpha value is -1.16. The van der Waals surface area contributed by atoms with Crippen LogP contribution in [0.15, 0.2) is 24.3 Å². The van der Waals surface area contributed by atoms with Gasteiger partial charge in [-0.05, 0) is 49.9 Å². The molecule has 0 radical (unpaired) electrons. The van der Waals surface area contributed by atoms with Crippen LogP contribution >= 0.6 is 11.8 Å². The third-order valence-electron chi connectivity index (χ3n) is 4.87. The van der Waals surface area contributed by atoms with Crippen molar-refractivity contribution in [3.05, 3.63) is 24.3 Å². The first-order valence-electron chi connectivity index (χ1n) is 9.08. The Kier molecular flexibility index (Phi) is 6.26. The minimum absolute atomic E-state index is 0.129. The smallest absolute Gasteiger partial charge is 0.234 e. The standard InChI is InChI=1S/C19H28N2OS/c22-19(15-23-18-7-3-4-8-18)20-16-9-11-17(12-10-16)21-13-5-1-2-6-14-21/h9-12,18H,1-8,13-15H2,(H,20,22). The molecule has 0 bridgehead atoms. The summed E-state index contributed by atoms with van der Waals surface area (Å²) in [5.41, 5.74) is 2.20. The molecule has 4 heteroatoms. The van der Waals surface area contributed by atoms with E-state index in [0.717, 1.165) is 18.8 Å². The number of nitrogens with one attached hydrogen (secondary N) is 1. The molecule has 1 saturated carbocycles. The second-order valence-corrected chi connectivity index (χ2v) is 8.00. The van der Waals surface area contributed by atoms with E-state index in [1.165, 1.54) is 57.1 Å². The number of hydrogen-bond acceptors (Lipinski definition) is 3. The van der Waals surface area contributed by atoms with Crippen molar-refractivity contribution in [1.82, 2.24) is 0 Å². The first kappa shape index (κ1) is 16.7. The number of thioether (sulfide) groups is 1. The number of carbonyl (C=O) groups excluding carboxylic acids is 1. The van der Waals surface area contributed by atoms with E-state index < -0.39 is 0 Å². The van der Waals surface area contributed by atoms with Crippen molar-refractivity contribution in [3.63, 3.8) is 0 Å². The molecule has 0 atom stereocenters. The van der Waals surface area contributed by atoms with E-state index in [2.05, 4.69) is 22.3 Å². The minimum atomic E-state index is 0.129. The van der Waals surface area contributed by atoms with Crippen molar-refractivity contribution in [2.24, 2.45) is 0 Å². The van der Waals surface area contributed by atoms with Gasteiger partial charge in [0, 0.05) is 29.7 Å². The second kappa shape index (κ2) is 8.62. The van der Waals surface area contributed by atoms with Gasteiger partial charge in [-0.25, -0.2) is 0 Å². The van der Waals surface area contributed by atoms with Gasteiger partial charge in [-0.15, -0.1) is 11.8 Å². The Labute approximate surface area is 144 Å². The van der Waals surface area contributed by atoms with Crippen molar-refractivity contribution in [3.8, 4) is 0 Å². The molecule has 1 aliphatic heterocycles. The fraction of sp³-hybridized carbons (Fsp3) is 0.632. The lowest BCUT2D eigenvalue weighted by atomic mass is 10.2. The maximum atomic E-state index is 12.1. The highest BCUT2D eigenvalue weighted by molar-refractivity contribution is 8.00. The van der Waals surface area contributed by atoms with Gasteiger partial charge in [-0.1, -0.05) is 25.7 Å². The molecule has 126 valence electrons. The van der Waals surface area contributed by atoms with Crippen molar-refractivity contribution in [1.29, 1.82) is 0 Å². The molecule has 0 unspecified atom stereocenters. The van der Waals surface area contributed by atoms with Crippen LogP contribution in [0.3, 0.4) is 0 Å². The Balaban J connectivity index is 1.47. The minimum Gasteiger partial charge on any atom is -0.372 e. The number of benzene rings is 1. The third kappa shape index (κ3) is 5.17. The SMILES string of the molecule is O=C(CSC1CCCC1)Nc1ccc(N2CCCCCC2)cc1. The number of carbonyl (C=O) groups is 1. The normalized spacial score (nSPS) is 19.6. The van der Waals surface area contributed by atoms with Crippen molar-refractivity contribution < 1.29 is 4.79 Å². The highest BCUT2D eigenvalue weighted by atomic mass is 32.2. The zero-order chi connectivity index (χ0) is 15.9. The maximum absolute atomic E-state index is 12.1. The molecule has 1 N–H and O–H groups in total. The number of amides is 1. The predicted molar refractivity (Wildman–Crippen MR) is 100 cm³/mol. The number of hydrogen-bond donors (Lipinski definition) is 1. The van der Waals surface area contributed by atoms with E-state index in [1.54, 1.807) is 0 Å². The molecule has 1 aliphatic carbocycles. The van der Waals surface area contributed by atoms with Crippen LogP contribution in [0.1, 0.15) is 51.4 Å². The van der Waals surface area contributed by atoms with Crippen molar-refractivity contribution >= 4 is 29.0 Å². The summed E-state index contributed by atoms with van der Waals surface area (Å²) in [4.78, 5) is 14.5. The lowest BCUT2D eigenvalue weighted by Crippen LogP contribution is -2.23. The summed E-state index contributed by atoms with van der Waals surface area (Å²) in [5.74, 6) is 0.711. The molecule has 3 rings (SSSR count). The third-order valence-corrected chi connectivity index (χ3v) is 6.25. The van der Waals surface area contributed by atoms with Crippen LogP contribution in [-0.4, -0.2) is 30.0 Å². The van der Waals surface area contributed by atoms with Gasteiger partial charge in [-0.3, -0.25) is 4.79 Å². The zero-order valence-electron chi connectivity index (χ0n) is 13.9. The summed E-state index contributed by atoms with van der Waals surface area (Å²) < 4.78 is 0. The highest BCUT2D eigenvalue weighted by Crippen LogP contribution is 2.29. The van der Waals surface area contributed by atoms with Crippen LogP contribution in [0.25, 0.3) is 0 Å². The molecule has 1 heterocycles. The van der Waals surface area contributed by atoms with Gasteiger partial charge in [0.15, 0.2) is 0 Å². The zero-order valence-corrected chi connectivity index (χ0v) is 14.7. The molecule has 1 aromatic carbocycles. The summed E-state index contributed by atoms with van der Waals surface area (Å²) >= 11 is 1.82. The fourth-order valence-corrected chi connectivity index (χ4v) is 4.66. The van der Waals surface area contributed by atoms with Gasteiger partial charge < -0.3 is 10.2 Å². The van der Waals surface area contributed by atoms with Crippen LogP contribution in [0.2, 0.25) is 0 Å². The van der Waals surface area contributed by atoms with E-state index in [1.807, 2.05) is 23.9 Å².